The van der Waals surface area contributed by atoms with Crippen molar-refractivity contribution in [3.05, 3.63) is 60.7 Å². The second-order valence-corrected chi connectivity index (χ2v) is 11.7. The van der Waals surface area contributed by atoms with Gasteiger partial charge in [-0.05, 0) is 72.0 Å². The molecule has 0 aliphatic rings. The lowest BCUT2D eigenvalue weighted by atomic mass is 10.1. The maximum Gasteiger partial charge on any atom is 0.407 e. The summed E-state index contributed by atoms with van der Waals surface area (Å²) in [6, 6.07) is 19.9. The Labute approximate surface area is 251 Å². The summed E-state index contributed by atoms with van der Waals surface area (Å²) < 4.78 is 17.0. The maximum absolute atomic E-state index is 11.8. The van der Waals surface area contributed by atoms with Crippen LogP contribution in [-0.2, 0) is 4.74 Å². The van der Waals surface area contributed by atoms with Gasteiger partial charge < -0.3 is 34.4 Å². The molecule has 0 saturated carbocycles. The third kappa shape index (κ3) is 8.26. The molecule has 1 amide bonds. The molecule has 226 valence electrons. The monoisotopic (exact) mass is 584 g/mol. The highest BCUT2D eigenvalue weighted by Gasteiger charge is 2.15. The van der Waals surface area contributed by atoms with Crippen LogP contribution in [0, 0.1) is 0 Å². The second kappa shape index (κ2) is 13.2. The molecule has 43 heavy (non-hydrogen) atoms. The smallest absolute Gasteiger partial charge is 0.407 e. The summed E-state index contributed by atoms with van der Waals surface area (Å²) in [4.78, 5) is 30.3. The van der Waals surface area contributed by atoms with E-state index in [0.29, 0.717) is 26.2 Å². The van der Waals surface area contributed by atoms with E-state index in [2.05, 4.69) is 34.3 Å². The van der Waals surface area contributed by atoms with Crippen molar-refractivity contribution in [1.29, 1.82) is 0 Å². The van der Waals surface area contributed by atoms with Gasteiger partial charge in [0.2, 0.25) is 0 Å². The lowest BCUT2D eigenvalue weighted by Crippen LogP contribution is -2.33. The first-order chi connectivity index (χ1) is 20.6. The molecule has 3 aromatic carbocycles. The van der Waals surface area contributed by atoms with Gasteiger partial charge in [-0.1, -0.05) is 24.3 Å². The molecule has 0 saturated heterocycles. The Balaban J connectivity index is 1.17. The van der Waals surface area contributed by atoms with Crippen molar-refractivity contribution >= 4 is 28.2 Å². The largest absolute Gasteiger partial charge is 0.493 e. The number of aromatic nitrogens is 4. The van der Waals surface area contributed by atoms with Crippen molar-refractivity contribution in [1.82, 2.24) is 30.2 Å². The predicted octanol–water partition coefficient (Wildman–Crippen LogP) is 6.40. The van der Waals surface area contributed by atoms with E-state index in [9.17, 15) is 4.79 Å². The molecule has 5 rings (SSSR count). The maximum atomic E-state index is 11.8. The Morgan fingerprint density at radius 1 is 0.791 bits per heavy atom. The molecule has 0 aliphatic heterocycles. The molecular formula is C33H40N6O4. The minimum Gasteiger partial charge on any atom is -0.493 e. The van der Waals surface area contributed by atoms with Crippen LogP contribution < -0.4 is 14.8 Å². The Morgan fingerprint density at radius 2 is 1.30 bits per heavy atom. The second-order valence-electron chi connectivity index (χ2n) is 11.7. The van der Waals surface area contributed by atoms with E-state index in [1.807, 2.05) is 81.4 Å². The Kier molecular flexibility index (Phi) is 9.16. The lowest BCUT2D eigenvalue weighted by molar-refractivity contribution is 0.0525. The van der Waals surface area contributed by atoms with E-state index in [0.717, 1.165) is 69.3 Å². The molecule has 10 heteroatoms. The first kappa shape index (κ1) is 29.9. The molecule has 10 nitrogen and oxygen atoms in total. The molecule has 0 bridgehead atoms. The molecule has 0 unspecified atom stereocenters. The number of ether oxygens (including phenoxy) is 3. The van der Waals surface area contributed by atoms with Gasteiger partial charge in [-0.2, -0.15) is 0 Å². The van der Waals surface area contributed by atoms with Gasteiger partial charge in [-0.15, -0.1) is 0 Å². The molecule has 0 spiro atoms. The van der Waals surface area contributed by atoms with Crippen molar-refractivity contribution in [2.24, 2.45) is 0 Å². The molecule has 2 aromatic heterocycles. The van der Waals surface area contributed by atoms with Gasteiger partial charge in [0.05, 0.1) is 35.3 Å². The van der Waals surface area contributed by atoms with Gasteiger partial charge in [0.25, 0.3) is 0 Å². The van der Waals surface area contributed by atoms with E-state index in [-0.39, 0.29) is 0 Å². The zero-order chi connectivity index (χ0) is 30.4. The minimum atomic E-state index is -0.512. The van der Waals surface area contributed by atoms with E-state index >= 15 is 0 Å². The number of alkyl carbamates (subject to hydrolysis) is 1. The number of amides is 1. The van der Waals surface area contributed by atoms with Crippen molar-refractivity contribution in [3.8, 4) is 34.3 Å². The normalized spacial score (nSPS) is 11.8. The fourth-order valence-electron chi connectivity index (χ4n) is 4.55. The van der Waals surface area contributed by atoms with Gasteiger partial charge in [0, 0.05) is 36.3 Å². The van der Waals surface area contributed by atoms with Crippen molar-refractivity contribution in [3.63, 3.8) is 0 Å². The van der Waals surface area contributed by atoms with Gasteiger partial charge in [-0.3, -0.25) is 0 Å². The first-order valence-corrected chi connectivity index (χ1v) is 14.6. The summed E-state index contributed by atoms with van der Waals surface area (Å²) in [5, 5.41) is 2.74. The molecule has 0 atom stereocenters. The quantitative estimate of drug-likeness (QED) is 0.145. The van der Waals surface area contributed by atoms with Crippen LogP contribution in [0.4, 0.5) is 4.79 Å². The van der Waals surface area contributed by atoms with Crippen LogP contribution in [0.3, 0.4) is 0 Å². The average molecular weight is 585 g/mol. The number of nitrogens with one attached hydrogen (secondary N) is 3. The number of carbonyl (C=O) groups excluding carboxylic acids is 1. The van der Waals surface area contributed by atoms with Gasteiger partial charge in [0.15, 0.2) is 0 Å². The highest BCUT2D eigenvalue weighted by atomic mass is 16.6. The SMILES string of the molecule is CN(C)CCCOc1ccc2nc(-c3ccc(-c4nc5ccc(OCCCNC(=O)OC(C)(C)C)cc5[nH]4)cc3)[nH]c2c1. The van der Waals surface area contributed by atoms with E-state index < -0.39 is 11.7 Å². The van der Waals surface area contributed by atoms with Crippen molar-refractivity contribution < 1.29 is 19.0 Å². The van der Waals surface area contributed by atoms with Gasteiger partial charge in [0.1, 0.15) is 28.7 Å². The summed E-state index contributed by atoms with van der Waals surface area (Å²) in [5.74, 6) is 3.16. The number of rotatable bonds is 12. The van der Waals surface area contributed by atoms with Crippen LogP contribution in [-0.4, -0.2) is 76.9 Å². The summed E-state index contributed by atoms with van der Waals surface area (Å²) in [6.07, 6.45) is 1.22. The molecule has 3 N–H and O–H groups in total. The Bertz CT molecular complexity index is 1670. The first-order valence-electron chi connectivity index (χ1n) is 14.6. The van der Waals surface area contributed by atoms with Crippen LogP contribution in [0.5, 0.6) is 11.5 Å². The van der Waals surface area contributed by atoms with Crippen LogP contribution in [0.25, 0.3) is 44.8 Å². The number of fused-ring (bicyclic) bond motifs is 2. The number of imidazole rings is 2. The third-order valence-corrected chi connectivity index (χ3v) is 6.61. The number of hydrogen-bond donors (Lipinski definition) is 3. The predicted molar refractivity (Wildman–Crippen MR) is 170 cm³/mol. The highest BCUT2D eigenvalue weighted by molar-refractivity contribution is 5.82. The van der Waals surface area contributed by atoms with Crippen molar-refractivity contribution in [2.75, 3.05) is 40.4 Å². The standard InChI is InChI=1S/C33H40N6O4/c1-33(2,3)43-32(40)34-16-6-18-41-24-12-14-26-28(20-24)37-30(35-26)22-8-10-23(11-9-22)31-36-27-15-13-25(21-29(27)38-31)42-19-7-17-39(4)5/h8-15,20-21H,6-7,16-19H2,1-5H3,(H,34,40)(H,35,37)(H,36,38). The number of benzene rings is 3. The summed E-state index contributed by atoms with van der Waals surface area (Å²) in [6.45, 7) is 8.13. The molecule has 2 heterocycles. The summed E-state index contributed by atoms with van der Waals surface area (Å²) in [5.41, 5.74) is 5.03. The Hall–Kier alpha value is -4.57. The van der Waals surface area contributed by atoms with Gasteiger partial charge >= 0.3 is 6.09 Å². The van der Waals surface area contributed by atoms with Gasteiger partial charge in [-0.25, -0.2) is 14.8 Å². The Morgan fingerprint density at radius 3 is 1.79 bits per heavy atom. The summed E-state index contributed by atoms with van der Waals surface area (Å²) in [7, 11) is 4.13. The fraction of sp³-hybridized carbons (Fsp3) is 0.364. The highest BCUT2D eigenvalue weighted by Crippen LogP contribution is 2.28. The number of H-pyrrole nitrogens is 2. The number of nitrogens with zero attached hydrogens (tertiary/aromatic N) is 3. The molecule has 0 radical (unpaired) electrons. The topological polar surface area (TPSA) is 117 Å². The van der Waals surface area contributed by atoms with Crippen molar-refractivity contribution in [2.45, 2.75) is 39.2 Å². The molecule has 5 aromatic rings. The summed E-state index contributed by atoms with van der Waals surface area (Å²) >= 11 is 0. The fourth-order valence-corrected chi connectivity index (χ4v) is 4.55. The van der Waals surface area contributed by atoms with Crippen LogP contribution in [0.1, 0.15) is 33.6 Å². The number of hydrogen-bond acceptors (Lipinski definition) is 7. The average Bonchev–Trinajstić information content (AvgIpc) is 3.58. The van der Waals surface area contributed by atoms with E-state index in [1.165, 1.54) is 0 Å². The third-order valence-electron chi connectivity index (χ3n) is 6.61. The van der Waals surface area contributed by atoms with Crippen LogP contribution in [0.15, 0.2) is 60.7 Å². The van der Waals surface area contributed by atoms with Crippen LogP contribution in [0.2, 0.25) is 0 Å². The molecular weight excluding hydrogens is 544 g/mol. The minimum absolute atomic E-state index is 0.421. The number of carbonyl (C=O) groups is 1. The number of aromatic amines is 2. The van der Waals surface area contributed by atoms with E-state index in [4.69, 9.17) is 24.2 Å². The lowest BCUT2D eigenvalue weighted by Gasteiger charge is -2.19. The zero-order valence-electron chi connectivity index (χ0n) is 25.5. The van der Waals surface area contributed by atoms with Crippen LogP contribution >= 0.6 is 0 Å². The molecule has 0 aliphatic carbocycles. The zero-order valence-corrected chi connectivity index (χ0v) is 25.5. The molecule has 0 fully saturated rings. The van der Waals surface area contributed by atoms with E-state index in [1.54, 1.807) is 0 Å².